The van der Waals surface area contributed by atoms with Crippen LogP contribution in [0.15, 0.2) is 18.2 Å². The van der Waals surface area contributed by atoms with Gasteiger partial charge in [0.2, 0.25) is 5.91 Å². The van der Waals surface area contributed by atoms with Crippen molar-refractivity contribution in [2.75, 3.05) is 27.4 Å². The summed E-state index contributed by atoms with van der Waals surface area (Å²) in [6.07, 6.45) is 0. The van der Waals surface area contributed by atoms with Crippen molar-refractivity contribution in [3.63, 3.8) is 0 Å². The molecule has 8 heteroatoms. The smallest absolute Gasteiger partial charge is 0.337 e. The van der Waals surface area contributed by atoms with E-state index in [-0.39, 0.29) is 12.5 Å². The maximum atomic E-state index is 11.8. The number of amides is 2. The second-order valence-electron chi connectivity index (χ2n) is 4.83. The predicted molar refractivity (Wildman–Crippen MR) is 86.1 cm³/mol. The van der Waals surface area contributed by atoms with E-state index in [2.05, 4.69) is 15.4 Å². The van der Waals surface area contributed by atoms with Gasteiger partial charge in [0.15, 0.2) is 18.1 Å². The van der Waals surface area contributed by atoms with Gasteiger partial charge in [0.1, 0.15) is 6.04 Å². The summed E-state index contributed by atoms with van der Waals surface area (Å²) in [5.41, 5.74) is 0.302. The molecule has 132 valence electrons. The van der Waals surface area contributed by atoms with Gasteiger partial charge >= 0.3 is 5.97 Å². The molecule has 0 aliphatic heterocycles. The minimum atomic E-state index is -0.662. The van der Waals surface area contributed by atoms with Crippen LogP contribution in [0.2, 0.25) is 0 Å². The Balaban J connectivity index is 2.65. The molecule has 2 amide bonds. The summed E-state index contributed by atoms with van der Waals surface area (Å²) >= 11 is 0. The van der Waals surface area contributed by atoms with Crippen LogP contribution in [0.1, 0.15) is 24.2 Å². The van der Waals surface area contributed by atoms with Gasteiger partial charge in [-0.1, -0.05) is 0 Å². The molecule has 0 spiro atoms. The van der Waals surface area contributed by atoms with Crippen molar-refractivity contribution in [2.24, 2.45) is 0 Å². The first kappa shape index (κ1) is 19.3. The summed E-state index contributed by atoms with van der Waals surface area (Å²) in [6.45, 7) is 3.56. The van der Waals surface area contributed by atoms with E-state index in [1.165, 1.54) is 32.4 Å². The summed E-state index contributed by atoms with van der Waals surface area (Å²) in [5.74, 6) is -0.638. The normalized spacial score (nSPS) is 11.2. The topological polar surface area (TPSA) is 103 Å². The molecule has 0 aliphatic rings. The Morgan fingerprint density at radius 1 is 1.17 bits per heavy atom. The van der Waals surface area contributed by atoms with Gasteiger partial charge in [-0.2, -0.15) is 0 Å². The van der Waals surface area contributed by atoms with E-state index in [0.717, 1.165) is 0 Å². The van der Waals surface area contributed by atoms with Gasteiger partial charge in [-0.3, -0.25) is 9.59 Å². The highest BCUT2D eigenvalue weighted by molar-refractivity contribution is 5.90. The Kier molecular flexibility index (Phi) is 7.54. The molecule has 0 radical (unpaired) electrons. The lowest BCUT2D eigenvalue weighted by Gasteiger charge is -2.15. The van der Waals surface area contributed by atoms with E-state index in [9.17, 15) is 14.4 Å². The molecular weight excluding hydrogens is 316 g/mol. The van der Waals surface area contributed by atoms with Crippen molar-refractivity contribution in [3.05, 3.63) is 23.8 Å². The molecule has 1 atom stereocenters. The van der Waals surface area contributed by atoms with E-state index < -0.39 is 17.9 Å². The number of carbonyl (C=O) groups is 3. The molecule has 0 aromatic heterocycles. The fraction of sp³-hybridized carbons (Fsp3) is 0.438. The summed E-state index contributed by atoms with van der Waals surface area (Å²) in [5, 5.41) is 5.13. The maximum Gasteiger partial charge on any atom is 0.337 e. The van der Waals surface area contributed by atoms with Crippen LogP contribution in [0.5, 0.6) is 11.5 Å². The minimum absolute atomic E-state index is 0.272. The number of nitrogens with one attached hydrogen (secondary N) is 2. The van der Waals surface area contributed by atoms with Crippen LogP contribution in [-0.4, -0.2) is 51.2 Å². The highest BCUT2D eigenvalue weighted by atomic mass is 16.5. The maximum absolute atomic E-state index is 11.8. The van der Waals surface area contributed by atoms with E-state index in [1.807, 2.05) is 0 Å². The van der Waals surface area contributed by atoms with Crippen LogP contribution in [0.4, 0.5) is 0 Å². The molecule has 1 aromatic carbocycles. The molecule has 0 bridgehead atoms. The molecule has 0 fully saturated rings. The number of hydrogen-bond acceptors (Lipinski definition) is 6. The number of rotatable bonds is 8. The van der Waals surface area contributed by atoms with Crippen molar-refractivity contribution in [2.45, 2.75) is 19.9 Å². The molecule has 24 heavy (non-hydrogen) atoms. The lowest BCUT2D eigenvalue weighted by molar-refractivity contribution is -0.129. The molecule has 8 nitrogen and oxygen atoms in total. The molecule has 2 N–H and O–H groups in total. The van der Waals surface area contributed by atoms with Crippen molar-refractivity contribution in [3.8, 4) is 11.5 Å². The quantitative estimate of drug-likeness (QED) is 0.669. The van der Waals surface area contributed by atoms with Crippen molar-refractivity contribution in [1.82, 2.24) is 10.6 Å². The van der Waals surface area contributed by atoms with Gasteiger partial charge in [0, 0.05) is 6.54 Å². The van der Waals surface area contributed by atoms with Crippen LogP contribution in [0, 0.1) is 0 Å². The third-order valence-corrected chi connectivity index (χ3v) is 3.07. The molecule has 0 saturated heterocycles. The van der Waals surface area contributed by atoms with Crippen LogP contribution in [-0.2, 0) is 14.3 Å². The molecule has 0 aliphatic carbocycles. The summed E-state index contributed by atoms with van der Waals surface area (Å²) in [6, 6.07) is 3.80. The van der Waals surface area contributed by atoms with Crippen LogP contribution in [0.25, 0.3) is 0 Å². The first-order chi connectivity index (χ1) is 11.4. The van der Waals surface area contributed by atoms with Gasteiger partial charge in [0.25, 0.3) is 5.91 Å². The molecule has 0 unspecified atom stereocenters. The number of likely N-dealkylation sites (N-methyl/N-ethyl adjacent to an activating group) is 1. The second-order valence-corrected chi connectivity index (χ2v) is 4.83. The zero-order valence-corrected chi connectivity index (χ0v) is 14.2. The number of hydrogen-bond donors (Lipinski definition) is 2. The van der Waals surface area contributed by atoms with Gasteiger partial charge in [-0.15, -0.1) is 0 Å². The monoisotopic (exact) mass is 338 g/mol. The van der Waals surface area contributed by atoms with Crippen molar-refractivity contribution in [1.29, 1.82) is 0 Å². The molecule has 0 saturated carbocycles. The largest absolute Gasteiger partial charge is 0.493 e. The number of esters is 1. The number of carbonyl (C=O) groups excluding carboxylic acids is 3. The standard InChI is InChI=1S/C16H22N2O6/c1-5-17-15(20)10(2)18-14(19)9-24-12-7-6-11(16(21)23-4)8-13(12)22-3/h6-8,10H,5,9H2,1-4H3,(H,17,20)(H,18,19)/t10-/m0/s1. The summed E-state index contributed by atoms with van der Waals surface area (Å²) < 4.78 is 15.1. The Morgan fingerprint density at radius 3 is 2.46 bits per heavy atom. The van der Waals surface area contributed by atoms with Crippen molar-refractivity contribution < 1.29 is 28.6 Å². The lowest BCUT2D eigenvalue weighted by Crippen LogP contribution is -2.46. The molecule has 0 heterocycles. The third kappa shape index (κ3) is 5.45. The van der Waals surface area contributed by atoms with Crippen LogP contribution >= 0.6 is 0 Å². The van der Waals surface area contributed by atoms with E-state index >= 15 is 0 Å². The van der Waals surface area contributed by atoms with Gasteiger partial charge < -0.3 is 24.8 Å². The van der Waals surface area contributed by atoms with Gasteiger partial charge in [0.05, 0.1) is 19.8 Å². The molecule has 1 rings (SSSR count). The highest BCUT2D eigenvalue weighted by Gasteiger charge is 2.16. The molecular formula is C16H22N2O6. The third-order valence-electron chi connectivity index (χ3n) is 3.07. The predicted octanol–water partition coefficient (Wildman–Crippen LogP) is 0.501. The Morgan fingerprint density at radius 2 is 1.88 bits per heavy atom. The first-order valence-electron chi connectivity index (χ1n) is 7.39. The Bertz CT molecular complexity index is 602. The zero-order valence-electron chi connectivity index (χ0n) is 14.2. The average Bonchev–Trinajstić information content (AvgIpc) is 2.59. The van der Waals surface area contributed by atoms with Crippen molar-refractivity contribution >= 4 is 17.8 Å². The van der Waals surface area contributed by atoms with E-state index in [0.29, 0.717) is 23.6 Å². The summed E-state index contributed by atoms with van der Waals surface area (Å²) in [7, 11) is 2.69. The van der Waals surface area contributed by atoms with Gasteiger partial charge in [-0.05, 0) is 32.0 Å². The Labute approximate surface area is 140 Å². The number of benzene rings is 1. The average molecular weight is 338 g/mol. The van der Waals surface area contributed by atoms with Crippen LogP contribution in [0.3, 0.4) is 0 Å². The zero-order chi connectivity index (χ0) is 18.1. The van der Waals surface area contributed by atoms with Gasteiger partial charge in [-0.25, -0.2) is 4.79 Å². The Hall–Kier alpha value is -2.77. The fourth-order valence-corrected chi connectivity index (χ4v) is 1.85. The van der Waals surface area contributed by atoms with E-state index in [1.54, 1.807) is 13.8 Å². The van der Waals surface area contributed by atoms with Crippen LogP contribution < -0.4 is 20.1 Å². The first-order valence-corrected chi connectivity index (χ1v) is 7.39. The highest BCUT2D eigenvalue weighted by Crippen LogP contribution is 2.28. The minimum Gasteiger partial charge on any atom is -0.493 e. The fourth-order valence-electron chi connectivity index (χ4n) is 1.85. The molecule has 1 aromatic rings. The SMILES string of the molecule is CCNC(=O)[C@H](C)NC(=O)COc1ccc(C(=O)OC)cc1OC. The number of methoxy groups -OCH3 is 2. The number of ether oxygens (including phenoxy) is 3. The lowest BCUT2D eigenvalue weighted by atomic mass is 10.2. The summed E-state index contributed by atoms with van der Waals surface area (Å²) in [4.78, 5) is 34.9. The second kappa shape index (κ2) is 9.39. The van der Waals surface area contributed by atoms with E-state index in [4.69, 9.17) is 9.47 Å².